The molecule has 9 heteroatoms. The SMILES string of the molecule is Nc1nc(-c2cccc([N+](=O)[O-])c2)cn1N=Cc1ccc(Cl)cc1Cl. The lowest BCUT2D eigenvalue weighted by Gasteiger charge is -1.99. The number of nitro groups is 1. The summed E-state index contributed by atoms with van der Waals surface area (Å²) in [6, 6.07) is 11.1. The molecule has 1 aromatic heterocycles. The number of rotatable bonds is 4. The number of non-ortho nitro benzene ring substituents is 1. The van der Waals surface area contributed by atoms with Crippen molar-refractivity contribution < 1.29 is 4.92 Å². The Balaban J connectivity index is 1.91. The Kier molecular flexibility index (Phi) is 4.69. The van der Waals surface area contributed by atoms with Gasteiger partial charge in [0, 0.05) is 28.3 Å². The minimum absolute atomic E-state index is 0.0259. The molecule has 0 aliphatic heterocycles. The highest BCUT2D eigenvalue weighted by molar-refractivity contribution is 6.36. The molecule has 3 rings (SSSR count). The van der Waals surface area contributed by atoms with Crippen LogP contribution in [0.1, 0.15) is 5.56 Å². The second-order valence-corrected chi connectivity index (χ2v) is 5.89. The predicted molar refractivity (Wildman–Crippen MR) is 98.2 cm³/mol. The van der Waals surface area contributed by atoms with Crippen LogP contribution in [0, 0.1) is 10.1 Å². The lowest BCUT2D eigenvalue weighted by atomic mass is 10.1. The van der Waals surface area contributed by atoms with Crippen molar-refractivity contribution in [2.24, 2.45) is 5.10 Å². The van der Waals surface area contributed by atoms with Crippen LogP contribution in [0.3, 0.4) is 0 Å². The molecule has 0 fully saturated rings. The van der Waals surface area contributed by atoms with Gasteiger partial charge in [-0.3, -0.25) is 10.1 Å². The van der Waals surface area contributed by atoms with E-state index in [1.165, 1.54) is 23.0 Å². The number of nitro benzene ring substituents is 1. The molecule has 0 radical (unpaired) electrons. The zero-order valence-electron chi connectivity index (χ0n) is 12.6. The Labute approximate surface area is 152 Å². The van der Waals surface area contributed by atoms with E-state index in [1.54, 1.807) is 36.5 Å². The molecule has 126 valence electrons. The van der Waals surface area contributed by atoms with Gasteiger partial charge in [0.2, 0.25) is 5.95 Å². The van der Waals surface area contributed by atoms with E-state index in [-0.39, 0.29) is 11.6 Å². The molecule has 0 aliphatic carbocycles. The first-order chi connectivity index (χ1) is 11.9. The standard InChI is InChI=1S/C16H11Cl2N5O2/c17-12-5-4-11(14(18)7-12)8-20-22-9-15(21-16(22)19)10-2-1-3-13(6-10)23(24)25/h1-9H,(H2,19,21). The van der Waals surface area contributed by atoms with Gasteiger partial charge in [0.1, 0.15) is 0 Å². The summed E-state index contributed by atoms with van der Waals surface area (Å²) in [5.41, 5.74) is 7.53. The van der Waals surface area contributed by atoms with Crippen molar-refractivity contribution in [1.29, 1.82) is 0 Å². The smallest absolute Gasteiger partial charge is 0.270 e. The van der Waals surface area contributed by atoms with Crippen molar-refractivity contribution >= 4 is 41.1 Å². The molecule has 0 aliphatic rings. The van der Waals surface area contributed by atoms with Gasteiger partial charge in [-0.25, -0.2) is 9.66 Å². The number of benzene rings is 2. The van der Waals surface area contributed by atoms with E-state index in [9.17, 15) is 10.1 Å². The summed E-state index contributed by atoms with van der Waals surface area (Å²) in [5, 5.41) is 16.1. The van der Waals surface area contributed by atoms with Crippen LogP contribution in [-0.4, -0.2) is 20.8 Å². The maximum Gasteiger partial charge on any atom is 0.270 e. The summed E-state index contributed by atoms with van der Waals surface area (Å²) >= 11 is 11.9. The molecule has 0 unspecified atom stereocenters. The van der Waals surface area contributed by atoms with Crippen molar-refractivity contribution in [3.8, 4) is 11.3 Å². The summed E-state index contributed by atoms with van der Waals surface area (Å²) in [5.74, 6) is 0.142. The molecule has 0 saturated heterocycles. The van der Waals surface area contributed by atoms with Gasteiger partial charge in [0.25, 0.3) is 5.69 Å². The molecule has 0 spiro atoms. The van der Waals surface area contributed by atoms with Crippen molar-refractivity contribution in [2.45, 2.75) is 0 Å². The molecular formula is C16H11Cl2N5O2. The second-order valence-electron chi connectivity index (χ2n) is 5.05. The summed E-state index contributed by atoms with van der Waals surface area (Å²) in [4.78, 5) is 14.6. The predicted octanol–water partition coefficient (Wildman–Crippen LogP) is 4.23. The number of hydrogen-bond donors (Lipinski definition) is 1. The summed E-state index contributed by atoms with van der Waals surface area (Å²) in [6.45, 7) is 0. The van der Waals surface area contributed by atoms with Crippen LogP contribution in [0.5, 0.6) is 0 Å². The van der Waals surface area contributed by atoms with Gasteiger partial charge in [0.15, 0.2) is 0 Å². The Bertz CT molecular complexity index is 984. The van der Waals surface area contributed by atoms with Gasteiger partial charge >= 0.3 is 0 Å². The molecular weight excluding hydrogens is 365 g/mol. The lowest BCUT2D eigenvalue weighted by molar-refractivity contribution is -0.384. The van der Waals surface area contributed by atoms with E-state index >= 15 is 0 Å². The van der Waals surface area contributed by atoms with Crippen molar-refractivity contribution in [3.05, 3.63) is 74.4 Å². The molecule has 7 nitrogen and oxygen atoms in total. The average molecular weight is 376 g/mol. The van der Waals surface area contributed by atoms with Crippen LogP contribution >= 0.6 is 23.2 Å². The summed E-state index contributed by atoms with van der Waals surface area (Å²) in [6.07, 6.45) is 3.10. The van der Waals surface area contributed by atoms with Crippen LogP contribution in [0.15, 0.2) is 53.8 Å². The fraction of sp³-hybridized carbons (Fsp3) is 0. The first-order valence-corrected chi connectivity index (χ1v) is 7.79. The largest absolute Gasteiger partial charge is 0.368 e. The van der Waals surface area contributed by atoms with E-state index < -0.39 is 4.92 Å². The Morgan fingerprint density at radius 3 is 2.76 bits per heavy atom. The topological polar surface area (TPSA) is 99.3 Å². The van der Waals surface area contributed by atoms with E-state index in [1.807, 2.05) is 0 Å². The zero-order valence-corrected chi connectivity index (χ0v) is 14.1. The third-order valence-electron chi connectivity index (χ3n) is 3.35. The van der Waals surface area contributed by atoms with Crippen LogP contribution in [0.25, 0.3) is 11.3 Å². The van der Waals surface area contributed by atoms with Crippen molar-refractivity contribution in [2.75, 3.05) is 5.73 Å². The van der Waals surface area contributed by atoms with E-state index in [0.29, 0.717) is 26.9 Å². The molecule has 25 heavy (non-hydrogen) atoms. The summed E-state index contributed by atoms with van der Waals surface area (Å²) < 4.78 is 1.36. The number of nitrogen functional groups attached to an aromatic ring is 1. The third-order valence-corrected chi connectivity index (χ3v) is 3.91. The highest BCUT2D eigenvalue weighted by Crippen LogP contribution is 2.24. The Morgan fingerprint density at radius 2 is 2.04 bits per heavy atom. The average Bonchev–Trinajstić information content (AvgIpc) is 2.95. The normalized spacial score (nSPS) is 11.1. The highest BCUT2D eigenvalue weighted by atomic mass is 35.5. The molecule has 3 aromatic rings. The van der Waals surface area contributed by atoms with Gasteiger partial charge in [-0.2, -0.15) is 5.10 Å². The van der Waals surface area contributed by atoms with Crippen LogP contribution in [0.2, 0.25) is 10.0 Å². The molecule has 1 heterocycles. The lowest BCUT2D eigenvalue weighted by Crippen LogP contribution is -1.97. The highest BCUT2D eigenvalue weighted by Gasteiger charge is 2.11. The quantitative estimate of drug-likeness (QED) is 0.418. The van der Waals surface area contributed by atoms with Gasteiger partial charge in [-0.1, -0.05) is 41.4 Å². The zero-order chi connectivity index (χ0) is 18.0. The number of halogens is 2. The van der Waals surface area contributed by atoms with E-state index in [0.717, 1.165) is 0 Å². The minimum Gasteiger partial charge on any atom is -0.368 e. The maximum absolute atomic E-state index is 10.9. The Morgan fingerprint density at radius 1 is 1.24 bits per heavy atom. The molecule has 0 bridgehead atoms. The van der Waals surface area contributed by atoms with Crippen LogP contribution in [0.4, 0.5) is 11.6 Å². The fourth-order valence-electron chi connectivity index (χ4n) is 2.13. The van der Waals surface area contributed by atoms with Gasteiger partial charge in [0.05, 0.1) is 28.1 Å². The first-order valence-electron chi connectivity index (χ1n) is 7.03. The third kappa shape index (κ3) is 3.78. The molecule has 0 saturated carbocycles. The molecule has 0 atom stereocenters. The van der Waals surface area contributed by atoms with Crippen LogP contribution < -0.4 is 5.73 Å². The van der Waals surface area contributed by atoms with Gasteiger partial charge in [-0.05, 0) is 12.1 Å². The molecule has 0 amide bonds. The maximum atomic E-state index is 10.9. The van der Waals surface area contributed by atoms with Crippen molar-refractivity contribution in [1.82, 2.24) is 9.66 Å². The monoisotopic (exact) mass is 375 g/mol. The second kappa shape index (κ2) is 6.92. The van der Waals surface area contributed by atoms with E-state index in [4.69, 9.17) is 28.9 Å². The minimum atomic E-state index is -0.468. The van der Waals surface area contributed by atoms with Crippen LogP contribution in [-0.2, 0) is 0 Å². The number of imidazole rings is 1. The fourth-order valence-corrected chi connectivity index (χ4v) is 2.58. The number of anilines is 1. The number of aromatic nitrogens is 2. The van der Waals surface area contributed by atoms with Gasteiger partial charge < -0.3 is 5.73 Å². The Hall–Kier alpha value is -2.90. The van der Waals surface area contributed by atoms with Gasteiger partial charge in [-0.15, -0.1) is 0 Å². The number of nitrogens with zero attached hydrogens (tertiary/aromatic N) is 4. The number of nitrogens with two attached hydrogens (primary N) is 1. The first kappa shape index (κ1) is 16.9. The molecule has 2 aromatic carbocycles. The molecule has 2 N–H and O–H groups in total. The summed E-state index contributed by atoms with van der Waals surface area (Å²) in [7, 11) is 0. The van der Waals surface area contributed by atoms with Crippen molar-refractivity contribution in [3.63, 3.8) is 0 Å². The van der Waals surface area contributed by atoms with E-state index in [2.05, 4.69) is 10.1 Å². The number of hydrogen-bond acceptors (Lipinski definition) is 5.